The quantitative estimate of drug-likeness (QED) is 0.390. The Hall–Kier alpha value is -3.80. The zero-order chi connectivity index (χ0) is 24.0. The van der Waals surface area contributed by atoms with Crippen molar-refractivity contribution in [3.05, 3.63) is 66.5 Å². The lowest BCUT2D eigenvalue weighted by Gasteiger charge is -2.31. The molecule has 35 heavy (non-hydrogen) atoms. The number of anilines is 2. The number of nitrogens with two attached hydrogens (primary N) is 1. The summed E-state index contributed by atoms with van der Waals surface area (Å²) in [7, 11) is 0. The SMILES string of the molecule is NC1=N[C@](CF)(c2cc(Nc3ncnc4cc(OCc5ncco5)cnc34)ccc2F)[C@@H]2C[C@@H]2S1. The lowest BCUT2D eigenvalue weighted by molar-refractivity contribution is 0.262. The van der Waals surface area contributed by atoms with Gasteiger partial charge in [0.2, 0.25) is 5.89 Å². The maximum Gasteiger partial charge on any atom is 0.232 e. The number of rotatable bonds is 7. The number of nitrogens with one attached hydrogen (secondary N) is 1. The van der Waals surface area contributed by atoms with Crippen LogP contribution in [0, 0.1) is 11.7 Å². The molecule has 1 saturated carbocycles. The molecule has 6 rings (SSSR count). The van der Waals surface area contributed by atoms with Gasteiger partial charge in [0.1, 0.15) is 41.9 Å². The number of alkyl halides is 1. The number of ether oxygens (including phenoxy) is 1. The molecule has 3 N–H and O–H groups in total. The Labute approximate surface area is 202 Å². The van der Waals surface area contributed by atoms with Crippen LogP contribution in [0.3, 0.4) is 0 Å². The number of pyridine rings is 1. The number of aromatic nitrogens is 4. The van der Waals surface area contributed by atoms with E-state index in [1.807, 2.05) is 0 Å². The topological polar surface area (TPSA) is 124 Å². The van der Waals surface area contributed by atoms with E-state index in [0.29, 0.717) is 34.2 Å². The molecule has 3 atom stereocenters. The van der Waals surface area contributed by atoms with Gasteiger partial charge in [0, 0.05) is 28.5 Å². The number of hydrogen-bond donors (Lipinski definition) is 2. The number of fused-ring (bicyclic) bond motifs is 2. The number of thioether (sulfide) groups is 1. The molecule has 1 aromatic carbocycles. The molecule has 0 saturated heterocycles. The van der Waals surface area contributed by atoms with Gasteiger partial charge in [-0.15, -0.1) is 0 Å². The van der Waals surface area contributed by atoms with E-state index in [9.17, 15) is 8.78 Å². The summed E-state index contributed by atoms with van der Waals surface area (Å²) in [5.41, 5.74) is 6.34. The number of benzene rings is 1. The third kappa shape index (κ3) is 3.93. The number of hydrogen-bond acceptors (Lipinski definition) is 10. The highest BCUT2D eigenvalue weighted by atomic mass is 32.2. The zero-order valence-corrected chi connectivity index (χ0v) is 19.0. The molecule has 0 unspecified atom stereocenters. The Morgan fingerprint density at radius 3 is 2.97 bits per heavy atom. The zero-order valence-electron chi connectivity index (χ0n) is 18.2. The number of oxazole rings is 1. The standard InChI is InChI=1S/C23H19F2N7O2S/c24-10-23(15-7-18(15)35-22(26)32-23)14-5-12(1-2-16(14)25)31-21-20-17(29-11-30-21)6-13(8-28-20)34-9-19-27-3-4-33-19/h1-6,8,11,15,18H,7,9-10H2,(H2,26,32)(H,29,30,31)/t15-,18+,23-/m1/s1. The average Bonchev–Trinajstić information content (AvgIpc) is 3.46. The predicted molar refractivity (Wildman–Crippen MR) is 127 cm³/mol. The van der Waals surface area contributed by atoms with Crippen LogP contribution in [-0.4, -0.2) is 37.0 Å². The molecule has 1 aliphatic heterocycles. The first kappa shape index (κ1) is 21.7. The lowest BCUT2D eigenvalue weighted by atomic mass is 9.86. The molecule has 1 aliphatic carbocycles. The Bertz CT molecular complexity index is 1430. The highest BCUT2D eigenvalue weighted by Gasteiger charge is 2.58. The lowest BCUT2D eigenvalue weighted by Crippen LogP contribution is -2.36. The second-order valence-electron chi connectivity index (χ2n) is 8.30. The van der Waals surface area contributed by atoms with E-state index in [0.717, 1.165) is 6.42 Å². The van der Waals surface area contributed by atoms with Crippen LogP contribution < -0.4 is 15.8 Å². The average molecular weight is 496 g/mol. The van der Waals surface area contributed by atoms with Gasteiger partial charge in [-0.2, -0.15) is 0 Å². The first-order valence-electron chi connectivity index (χ1n) is 10.8. The molecular weight excluding hydrogens is 476 g/mol. The minimum atomic E-state index is -1.32. The van der Waals surface area contributed by atoms with Gasteiger partial charge < -0.3 is 20.2 Å². The van der Waals surface area contributed by atoms with Crippen molar-refractivity contribution in [3.8, 4) is 5.75 Å². The van der Waals surface area contributed by atoms with Crippen LogP contribution in [-0.2, 0) is 12.1 Å². The Kier molecular flexibility index (Phi) is 5.24. The van der Waals surface area contributed by atoms with E-state index in [1.54, 1.807) is 24.4 Å². The molecule has 0 spiro atoms. The maximum atomic E-state index is 14.9. The summed E-state index contributed by atoms with van der Waals surface area (Å²) in [4.78, 5) is 21.4. The smallest absolute Gasteiger partial charge is 0.232 e. The van der Waals surface area contributed by atoms with Gasteiger partial charge in [0.15, 0.2) is 17.6 Å². The van der Waals surface area contributed by atoms with Gasteiger partial charge in [0.05, 0.1) is 17.9 Å². The second-order valence-corrected chi connectivity index (χ2v) is 9.56. The number of aliphatic imine (C=N–C) groups is 1. The van der Waals surface area contributed by atoms with Gasteiger partial charge >= 0.3 is 0 Å². The molecule has 0 bridgehead atoms. The third-order valence-corrected chi connectivity index (χ3v) is 7.28. The highest BCUT2D eigenvalue weighted by Crippen LogP contribution is 2.58. The third-order valence-electron chi connectivity index (χ3n) is 6.12. The highest BCUT2D eigenvalue weighted by molar-refractivity contribution is 8.14. The molecule has 0 radical (unpaired) electrons. The van der Waals surface area contributed by atoms with Gasteiger partial charge in [-0.1, -0.05) is 11.8 Å². The normalized spacial score (nSPS) is 23.0. The summed E-state index contributed by atoms with van der Waals surface area (Å²) in [6.45, 7) is -0.678. The number of halogens is 2. The van der Waals surface area contributed by atoms with Crippen molar-refractivity contribution >= 4 is 39.5 Å². The fourth-order valence-electron chi connectivity index (χ4n) is 4.36. The Balaban J connectivity index is 1.30. The van der Waals surface area contributed by atoms with Gasteiger partial charge in [-0.05, 0) is 24.6 Å². The first-order chi connectivity index (χ1) is 17.1. The van der Waals surface area contributed by atoms with E-state index >= 15 is 0 Å². The monoisotopic (exact) mass is 495 g/mol. The molecule has 2 aliphatic rings. The van der Waals surface area contributed by atoms with Crippen molar-refractivity contribution in [3.63, 3.8) is 0 Å². The first-order valence-corrected chi connectivity index (χ1v) is 11.7. The van der Waals surface area contributed by atoms with Crippen LogP contribution in [0.4, 0.5) is 20.3 Å². The summed E-state index contributed by atoms with van der Waals surface area (Å²) in [5, 5.41) is 3.60. The van der Waals surface area contributed by atoms with Crippen LogP contribution in [0.25, 0.3) is 11.0 Å². The van der Waals surface area contributed by atoms with Crippen LogP contribution in [0.1, 0.15) is 17.9 Å². The maximum absolute atomic E-state index is 14.9. The molecule has 4 heterocycles. The molecule has 178 valence electrons. The van der Waals surface area contributed by atoms with Crippen molar-refractivity contribution < 1.29 is 17.9 Å². The predicted octanol–water partition coefficient (Wildman–Crippen LogP) is 4.09. The van der Waals surface area contributed by atoms with E-state index in [-0.39, 0.29) is 28.5 Å². The van der Waals surface area contributed by atoms with Gasteiger partial charge in [-0.3, -0.25) is 0 Å². The summed E-state index contributed by atoms with van der Waals surface area (Å²) in [6, 6.07) is 6.14. The van der Waals surface area contributed by atoms with Crippen LogP contribution in [0.15, 0.2) is 58.7 Å². The van der Waals surface area contributed by atoms with E-state index in [4.69, 9.17) is 14.9 Å². The van der Waals surface area contributed by atoms with Crippen molar-refractivity contribution in [2.75, 3.05) is 12.0 Å². The van der Waals surface area contributed by atoms with E-state index in [2.05, 4.69) is 30.2 Å². The van der Waals surface area contributed by atoms with Crippen molar-refractivity contribution in [2.45, 2.75) is 23.8 Å². The molecule has 9 nitrogen and oxygen atoms in total. The Morgan fingerprint density at radius 1 is 1.23 bits per heavy atom. The summed E-state index contributed by atoms with van der Waals surface area (Å²) < 4.78 is 40.2. The Morgan fingerprint density at radius 2 is 2.14 bits per heavy atom. The minimum Gasteiger partial charge on any atom is -0.482 e. The van der Waals surface area contributed by atoms with Crippen LogP contribution in [0.5, 0.6) is 5.75 Å². The largest absolute Gasteiger partial charge is 0.482 e. The molecule has 12 heteroatoms. The van der Waals surface area contributed by atoms with Crippen molar-refractivity contribution in [1.82, 2.24) is 19.9 Å². The summed E-state index contributed by atoms with van der Waals surface area (Å²) in [6.07, 6.45) is 6.68. The van der Waals surface area contributed by atoms with Gasteiger partial charge in [-0.25, -0.2) is 33.7 Å². The molecular formula is C23H19F2N7O2S. The van der Waals surface area contributed by atoms with Crippen LogP contribution in [0.2, 0.25) is 0 Å². The van der Waals surface area contributed by atoms with Crippen molar-refractivity contribution in [1.29, 1.82) is 0 Å². The summed E-state index contributed by atoms with van der Waals surface area (Å²) >= 11 is 1.42. The number of nitrogens with zero attached hydrogens (tertiary/aromatic N) is 5. The van der Waals surface area contributed by atoms with E-state index in [1.165, 1.54) is 36.6 Å². The summed E-state index contributed by atoms with van der Waals surface area (Å²) in [5.74, 6) is 0.715. The van der Waals surface area contributed by atoms with Crippen molar-refractivity contribution in [2.24, 2.45) is 16.6 Å². The molecule has 4 aromatic rings. The molecule has 3 aromatic heterocycles. The number of amidine groups is 1. The van der Waals surface area contributed by atoms with Gasteiger partial charge in [0.25, 0.3) is 0 Å². The second kappa shape index (κ2) is 8.45. The minimum absolute atomic E-state index is 0.0918. The van der Waals surface area contributed by atoms with E-state index < -0.39 is 18.0 Å². The van der Waals surface area contributed by atoms with Crippen LogP contribution >= 0.6 is 11.8 Å². The fourth-order valence-corrected chi connectivity index (χ4v) is 5.58. The fraction of sp³-hybridized carbons (Fsp3) is 0.261. The molecule has 1 fully saturated rings. The molecule has 0 amide bonds.